The third-order valence-corrected chi connectivity index (χ3v) is 5.39. The normalized spacial score (nSPS) is 11.1. The number of benzene rings is 2. The van der Waals surface area contributed by atoms with Gasteiger partial charge in [-0.2, -0.15) is 0 Å². The molecule has 8 heteroatoms. The lowest BCUT2D eigenvalue weighted by Crippen LogP contribution is -2.26. The molecule has 2 aromatic carbocycles. The molecule has 0 aliphatic rings. The Morgan fingerprint density at radius 3 is 2.30 bits per heavy atom. The number of carboxylic acid groups (broad SMARTS) is 1. The molecule has 23 heavy (non-hydrogen) atoms. The Labute approximate surface area is 138 Å². The Hall–Kier alpha value is -2.25. The van der Waals surface area contributed by atoms with E-state index < -0.39 is 16.0 Å². The highest BCUT2D eigenvalue weighted by Gasteiger charge is 2.22. The van der Waals surface area contributed by atoms with Crippen LogP contribution in [0.2, 0.25) is 5.02 Å². The molecule has 0 spiro atoms. The second-order valence-electron chi connectivity index (χ2n) is 4.62. The van der Waals surface area contributed by atoms with Gasteiger partial charge in [0.25, 0.3) is 10.0 Å². The van der Waals surface area contributed by atoms with Gasteiger partial charge in [0.05, 0.1) is 28.3 Å². The number of ether oxygens (including phenoxy) is 1. The molecule has 1 N–H and O–H groups in total. The Kier molecular flexibility index (Phi) is 4.82. The van der Waals surface area contributed by atoms with Gasteiger partial charge in [0.1, 0.15) is 5.75 Å². The van der Waals surface area contributed by atoms with Crippen LogP contribution in [0.3, 0.4) is 0 Å². The summed E-state index contributed by atoms with van der Waals surface area (Å²) >= 11 is 5.80. The highest BCUT2D eigenvalue weighted by atomic mass is 35.5. The quantitative estimate of drug-likeness (QED) is 0.891. The summed E-state index contributed by atoms with van der Waals surface area (Å²) in [6, 6.07) is 9.90. The van der Waals surface area contributed by atoms with Crippen molar-refractivity contribution in [1.29, 1.82) is 0 Å². The zero-order valence-corrected chi connectivity index (χ0v) is 13.9. The third-order valence-electron chi connectivity index (χ3n) is 3.26. The number of methoxy groups -OCH3 is 1. The highest BCUT2D eigenvalue weighted by molar-refractivity contribution is 7.92. The van der Waals surface area contributed by atoms with E-state index in [2.05, 4.69) is 0 Å². The first-order valence-electron chi connectivity index (χ1n) is 6.43. The van der Waals surface area contributed by atoms with Gasteiger partial charge >= 0.3 is 5.97 Å². The summed E-state index contributed by atoms with van der Waals surface area (Å²) in [5.74, 6) is -0.696. The van der Waals surface area contributed by atoms with Gasteiger partial charge < -0.3 is 9.84 Å². The molecule has 2 rings (SSSR count). The average molecular weight is 356 g/mol. The largest absolute Gasteiger partial charge is 0.497 e. The first-order chi connectivity index (χ1) is 10.8. The molecule has 0 aliphatic heterocycles. The molecule has 6 nitrogen and oxygen atoms in total. The van der Waals surface area contributed by atoms with Crippen LogP contribution in [0.15, 0.2) is 47.4 Å². The van der Waals surface area contributed by atoms with Crippen LogP contribution in [-0.4, -0.2) is 33.7 Å². The van der Waals surface area contributed by atoms with Gasteiger partial charge in [0, 0.05) is 7.05 Å². The van der Waals surface area contributed by atoms with Crippen LogP contribution in [0.5, 0.6) is 5.75 Å². The molecule has 0 aliphatic carbocycles. The maximum atomic E-state index is 12.6. The van der Waals surface area contributed by atoms with E-state index in [0.717, 1.165) is 4.31 Å². The van der Waals surface area contributed by atoms with Gasteiger partial charge in [-0.05, 0) is 42.5 Å². The summed E-state index contributed by atoms with van der Waals surface area (Å²) in [4.78, 5) is 11.2. The van der Waals surface area contributed by atoms with Crippen LogP contribution in [0, 0.1) is 0 Å². The number of hydrogen-bond donors (Lipinski definition) is 1. The van der Waals surface area contributed by atoms with Crippen molar-refractivity contribution >= 4 is 33.3 Å². The zero-order chi connectivity index (χ0) is 17.2. The molecule has 0 bridgehead atoms. The summed E-state index contributed by atoms with van der Waals surface area (Å²) in [6.45, 7) is 0. The number of sulfonamides is 1. The van der Waals surface area contributed by atoms with Crippen molar-refractivity contribution in [3.05, 3.63) is 53.1 Å². The van der Waals surface area contributed by atoms with E-state index in [-0.39, 0.29) is 21.2 Å². The number of halogens is 1. The van der Waals surface area contributed by atoms with Crippen molar-refractivity contribution in [3.8, 4) is 5.75 Å². The Balaban J connectivity index is 2.43. The molecule has 0 saturated heterocycles. The van der Waals surface area contributed by atoms with Crippen LogP contribution in [-0.2, 0) is 10.0 Å². The SMILES string of the molecule is COc1ccc(S(=O)(=O)N(C)c2ccc(Cl)c(C(=O)O)c2)cc1. The highest BCUT2D eigenvalue weighted by Crippen LogP contribution is 2.27. The smallest absolute Gasteiger partial charge is 0.337 e. The summed E-state index contributed by atoms with van der Waals surface area (Å²) < 4.78 is 31.2. The lowest BCUT2D eigenvalue weighted by molar-refractivity contribution is 0.0697. The van der Waals surface area contributed by atoms with E-state index in [1.165, 1.54) is 56.6 Å². The number of carbonyl (C=O) groups is 1. The number of aromatic carboxylic acids is 1. The second-order valence-corrected chi connectivity index (χ2v) is 6.99. The zero-order valence-electron chi connectivity index (χ0n) is 12.4. The van der Waals surface area contributed by atoms with E-state index in [9.17, 15) is 13.2 Å². The molecule has 0 aromatic heterocycles. The molecule has 0 fully saturated rings. The maximum absolute atomic E-state index is 12.6. The van der Waals surface area contributed by atoms with Gasteiger partial charge in [-0.15, -0.1) is 0 Å². The number of nitrogens with zero attached hydrogens (tertiary/aromatic N) is 1. The van der Waals surface area contributed by atoms with Gasteiger partial charge in [-0.3, -0.25) is 4.31 Å². The fourth-order valence-electron chi connectivity index (χ4n) is 1.92. The fraction of sp³-hybridized carbons (Fsp3) is 0.133. The standard InChI is InChI=1S/C15H14ClNO5S/c1-17(10-3-8-14(16)13(9-10)15(18)19)23(20,21)12-6-4-11(22-2)5-7-12/h3-9H,1-2H3,(H,18,19). The Bertz CT molecular complexity index is 833. The maximum Gasteiger partial charge on any atom is 0.337 e. The van der Waals surface area contributed by atoms with Crippen molar-refractivity contribution in [2.45, 2.75) is 4.90 Å². The van der Waals surface area contributed by atoms with Gasteiger partial charge in [-0.1, -0.05) is 11.6 Å². The summed E-state index contributed by atoms with van der Waals surface area (Å²) in [7, 11) is -1.01. The molecular weight excluding hydrogens is 342 g/mol. The van der Waals surface area contributed by atoms with Crippen LogP contribution in [0.4, 0.5) is 5.69 Å². The van der Waals surface area contributed by atoms with Crippen molar-refractivity contribution < 1.29 is 23.1 Å². The second kappa shape index (κ2) is 6.47. The molecule has 0 amide bonds. The van der Waals surface area contributed by atoms with E-state index in [1.54, 1.807) is 0 Å². The molecular formula is C15H14ClNO5S. The van der Waals surface area contributed by atoms with E-state index in [4.69, 9.17) is 21.4 Å². The lowest BCUT2D eigenvalue weighted by atomic mass is 10.2. The summed E-state index contributed by atoms with van der Waals surface area (Å²) in [5, 5.41) is 9.12. The Morgan fingerprint density at radius 2 is 1.78 bits per heavy atom. The van der Waals surface area contributed by atoms with Crippen LogP contribution < -0.4 is 9.04 Å². The molecule has 0 saturated carbocycles. The first kappa shape index (κ1) is 17.1. The first-order valence-corrected chi connectivity index (χ1v) is 8.25. The van der Waals surface area contributed by atoms with Crippen LogP contribution >= 0.6 is 11.6 Å². The molecule has 2 aromatic rings. The number of rotatable bonds is 5. The fourth-order valence-corrected chi connectivity index (χ4v) is 3.30. The van der Waals surface area contributed by atoms with Crippen LogP contribution in [0.25, 0.3) is 0 Å². The Morgan fingerprint density at radius 1 is 1.17 bits per heavy atom. The predicted molar refractivity (Wildman–Crippen MR) is 87.0 cm³/mol. The number of hydrogen-bond acceptors (Lipinski definition) is 4. The minimum atomic E-state index is -3.83. The minimum Gasteiger partial charge on any atom is -0.497 e. The van der Waals surface area contributed by atoms with Gasteiger partial charge in [-0.25, -0.2) is 13.2 Å². The monoisotopic (exact) mass is 355 g/mol. The third kappa shape index (κ3) is 3.40. The lowest BCUT2D eigenvalue weighted by Gasteiger charge is -2.20. The average Bonchev–Trinajstić information content (AvgIpc) is 2.54. The van der Waals surface area contributed by atoms with Gasteiger partial charge in [0.2, 0.25) is 0 Å². The van der Waals surface area contributed by atoms with Crippen molar-refractivity contribution in [3.63, 3.8) is 0 Å². The van der Waals surface area contributed by atoms with Crippen molar-refractivity contribution in [2.24, 2.45) is 0 Å². The molecule has 0 heterocycles. The number of carboxylic acids is 1. The molecule has 0 radical (unpaired) electrons. The van der Waals surface area contributed by atoms with Crippen molar-refractivity contribution in [2.75, 3.05) is 18.5 Å². The van der Waals surface area contributed by atoms with Crippen molar-refractivity contribution in [1.82, 2.24) is 0 Å². The summed E-state index contributed by atoms with van der Waals surface area (Å²) in [6.07, 6.45) is 0. The summed E-state index contributed by atoms with van der Waals surface area (Å²) in [5.41, 5.74) is 0.0311. The van der Waals surface area contributed by atoms with Crippen LogP contribution in [0.1, 0.15) is 10.4 Å². The predicted octanol–water partition coefficient (Wildman–Crippen LogP) is 2.87. The topological polar surface area (TPSA) is 83.9 Å². The van der Waals surface area contributed by atoms with Gasteiger partial charge in [0.15, 0.2) is 0 Å². The minimum absolute atomic E-state index is 0.0384. The molecule has 0 unspecified atom stereocenters. The van der Waals surface area contributed by atoms with E-state index in [1.807, 2.05) is 0 Å². The molecule has 0 atom stereocenters. The number of anilines is 1. The molecule has 122 valence electrons. The van der Waals surface area contributed by atoms with E-state index in [0.29, 0.717) is 5.75 Å². The van der Waals surface area contributed by atoms with E-state index >= 15 is 0 Å².